The predicted molar refractivity (Wildman–Crippen MR) is 78.2 cm³/mol. The fourth-order valence-corrected chi connectivity index (χ4v) is 1.58. The van der Waals surface area contributed by atoms with E-state index in [-0.39, 0.29) is 23.8 Å². The number of hydrogen-bond acceptors (Lipinski definition) is 3. The minimum atomic E-state index is -0.405. The molecule has 20 heavy (non-hydrogen) atoms. The molecular weight excluding hydrogens is 259 g/mol. The highest BCUT2D eigenvalue weighted by molar-refractivity contribution is 5.92. The lowest BCUT2D eigenvalue weighted by atomic mass is 9.85. The van der Waals surface area contributed by atoms with Crippen LogP contribution in [0.25, 0.3) is 0 Å². The molecule has 1 rings (SSSR count). The summed E-state index contributed by atoms with van der Waals surface area (Å²) in [6.45, 7) is 8.14. The van der Waals surface area contributed by atoms with Crippen LogP contribution in [0.4, 0.5) is 10.1 Å². The number of carbonyl (C=O) groups excluding carboxylic acids is 1. The van der Waals surface area contributed by atoms with E-state index in [0.717, 1.165) is 0 Å². The summed E-state index contributed by atoms with van der Waals surface area (Å²) in [4.78, 5) is 12.0. The molecule has 1 aromatic carbocycles. The van der Waals surface area contributed by atoms with E-state index in [4.69, 9.17) is 10.5 Å². The highest BCUT2D eigenvalue weighted by atomic mass is 19.1. The smallest absolute Gasteiger partial charge is 0.226 e. The number of halogens is 1. The summed E-state index contributed by atoms with van der Waals surface area (Å²) >= 11 is 0. The van der Waals surface area contributed by atoms with Gasteiger partial charge in [0.1, 0.15) is 11.6 Å². The fraction of sp³-hybridized carbons (Fsp3) is 0.533. The van der Waals surface area contributed by atoms with E-state index in [2.05, 4.69) is 5.32 Å². The van der Waals surface area contributed by atoms with Crippen molar-refractivity contribution in [2.24, 2.45) is 11.1 Å². The molecule has 1 aromatic rings. The Morgan fingerprint density at radius 1 is 1.45 bits per heavy atom. The van der Waals surface area contributed by atoms with Gasteiger partial charge in [-0.05, 0) is 24.5 Å². The largest absolute Gasteiger partial charge is 0.492 e. The molecule has 4 nitrogen and oxygen atoms in total. The number of rotatable bonds is 5. The van der Waals surface area contributed by atoms with Crippen LogP contribution in [0.3, 0.4) is 0 Å². The third-order valence-electron chi connectivity index (χ3n) is 3.04. The first-order valence-electron chi connectivity index (χ1n) is 6.71. The van der Waals surface area contributed by atoms with Gasteiger partial charge in [-0.1, -0.05) is 20.8 Å². The Bertz CT molecular complexity index is 469. The normalized spacial score (nSPS) is 12.9. The van der Waals surface area contributed by atoms with Crippen molar-refractivity contribution in [2.75, 3.05) is 11.9 Å². The maximum atomic E-state index is 13.2. The van der Waals surface area contributed by atoms with Gasteiger partial charge in [-0.15, -0.1) is 0 Å². The third kappa shape index (κ3) is 4.81. The van der Waals surface area contributed by atoms with E-state index in [0.29, 0.717) is 18.0 Å². The molecule has 0 aliphatic rings. The zero-order valence-corrected chi connectivity index (χ0v) is 12.5. The maximum absolute atomic E-state index is 13.2. The predicted octanol–water partition coefficient (Wildman–Crippen LogP) is 2.93. The molecule has 1 atom stereocenters. The van der Waals surface area contributed by atoms with Gasteiger partial charge in [-0.3, -0.25) is 4.79 Å². The molecule has 0 bridgehead atoms. The molecule has 5 heteroatoms. The molecule has 0 spiro atoms. The van der Waals surface area contributed by atoms with Gasteiger partial charge in [-0.25, -0.2) is 4.39 Å². The third-order valence-corrected chi connectivity index (χ3v) is 3.04. The Kier molecular flexibility index (Phi) is 5.51. The maximum Gasteiger partial charge on any atom is 0.226 e. The molecule has 1 unspecified atom stereocenters. The lowest BCUT2D eigenvalue weighted by molar-refractivity contribution is -0.117. The zero-order chi connectivity index (χ0) is 15.3. The van der Waals surface area contributed by atoms with E-state index < -0.39 is 5.82 Å². The van der Waals surface area contributed by atoms with Crippen molar-refractivity contribution < 1.29 is 13.9 Å². The number of nitrogens with two attached hydrogens (primary N) is 1. The highest BCUT2D eigenvalue weighted by Crippen LogP contribution is 2.26. The van der Waals surface area contributed by atoms with Crippen molar-refractivity contribution in [2.45, 2.75) is 40.2 Å². The number of nitrogens with one attached hydrogen (secondary N) is 1. The second kappa shape index (κ2) is 6.70. The number of hydrogen-bond donors (Lipinski definition) is 2. The SMILES string of the molecule is CCOc1cc(F)ccc1NC(=O)CC(N)C(C)(C)C. The first-order chi connectivity index (χ1) is 9.24. The summed E-state index contributed by atoms with van der Waals surface area (Å²) in [5.74, 6) is -0.289. The molecular formula is C15H23FN2O2. The van der Waals surface area contributed by atoms with Crippen LogP contribution in [-0.2, 0) is 4.79 Å². The molecule has 112 valence electrons. The van der Waals surface area contributed by atoms with Crippen LogP contribution in [-0.4, -0.2) is 18.6 Å². The van der Waals surface area contributed by atoms with Crippen molar-refractivity contribution in [1.82, 2.24) is 0 Å². The monoisotopic (exact) mass is 282 g/mol. The molecule has 1 amide bonds. The fourth-order valence-electron chi connectivity index (χ4n) is 1.58. The van der Waals surface area contributed by atoms with Crippen molar-refractivity contribution in [3.8, 4) is 5.75 Å². The van der Waals surface area contributed by atoms with Gasteiger partial charge in [0.15, 0.2) is 0 Å². The first kappa shape index (κ1) is 16.4. The van der Waals surface area contributed by atoms with Gasteiger partial charge in [0, 0.05) is 18.5 Å². The average molecular weight is 282 g/mol. The molecule has 0 radical (unpaired) electrons. The summed E-state index contributed by atoms with van der Waals surface area (Å²) in [7, 11) is 0. The summed E-state index contributed by atoms with van der Waals surface area (Å²) in [6, 6.07) is 3.77. The van der Waals surface area contributed by atoms with Crippen LogP contribution in [0.1, 0.15) is 34.1 Å². The lowest BCUT2D eigenvalue weighted by Gasteiger charge is -2.26. The molecule has 0 saturated heterocycles. The molecule has 0 aliphatic carbocycles. The second-order valence-electron chi connectivity index (χ2n) is 5.80. The highest BCUT2D eigenvalue weighted by Gasteiger charge is 2.23. The first-order valence-corrected chi connectivity index (χ1v) is 6.71. The quantitative estimate of drug-likeness (QED) is 0.872. The van der Waals surface area contributed by atoms with Crippen molar-refractivity contribution >= 4 is 11.6 Å². The molecule has 0 aliphatic heterocycles. The zero-order valence-electron chi connectivity index (χ0n) is 12.5. The molecule has 0 fully saturated rings. The molecule has 3 N–H and O–H groups in total. The van der Waals surface area contributed by atoms with Crippen molar-refractivity contribution in [1.29, 1.82) is 0 Å². The van der Waals surface area contributed by atoms with Crippen LogP contribution in [0.5, 0.6) is 5.75 Å². The Morgan fingerprint density at radius 3 is 2.65 bits per heavy atom. The van der Waals surface area contributed by atoms with E-state index in [1.54, 1.807) is 6.92 Å². The topological polar surface area (TPSA) is 64.3 Å². The molecule has 0 aromatic heterocycles. The lowest BCUT2D eigenvalue weighted by Crippen LogP contribution is -2.38. The summed E-state index contributed by atoms with van der Waals surface area (Å²) in [5, 5.41) is 2.71. The number of benzene rings is 1. The minimum absolute atomic E-state index is 0.150. The van der Waals surface area contributed by atoms with Gasteiger partial charge in [0.25, 0.3) is 0 Å². The van der Waals surface area contributed by atoms with E-state index >= 15 is 0 Å². The van der Waals surface area contributed by atoms with E-state index in [1.807, 2.05) is 20.8 Å². The van der Waals surface area contributed by atoms with Crippen LogP contribution >= 0.6 is 0 Å². The van der Waals surface area contributed by atoms with E-state index in [1.165, 1.54) is 18.2 Å². The summed E-state index contributed by atoms with van der Waals surface area (Å²) in [5.41, 5.74) is 6.28. The van der Waals surface area contributed by atoms with Gasteiger partial charge >= 0.3 is 0 Å². The van der Waals surface area contributed by atoms with Crippen LogP contribution in [0, 0.1) is 11.2 Å². The van der Waals surface area contributed by atoms with Crippen LogP contribution in [0.2, 0.25) is 0 Å². The molecule has 0 saturated carbocycles. The average Bonchev–Trinajstić information content (AvgIpc) is 2.31. The second-order valence-corrected chi connectivity index (χ2v) is 5.80. The van der Waals surface area contributed by atoms with Gasteiger partial charge < -0.3 is 15.8 Å². The Balaban J connectivity index is 2.75. The Labute approximate surface area is 119 Å². The Hall–Kier alpha value is -1.62. The summed E-state index contributed by atoms with van der Waals surface area (Å²) < 4.78 is 18.5. The number of amides is 1. The minimum Gasteiger partial charge on any atom is -0.492 e. The Morgan fingerprint density at radius 2 is 2.10 bits per heavy atom. The molecule has 0 heterocycles. The van der Waals surface area contributed by atoms with Gasteiger partial charge in [0.2, 0.25) is 5.91 Å². The number of ether oxygens (including phenoxy) is 1. The van der Waals surface area contributed by atoms with Crippen molar-refractivity contribution in [3.63, 3.8) is 0 Å². The standard InChI is InChI=1S/C15H23FN2O2/c1-5-20-12-8-10(16)6-7-11(12)18-14(19)9-13(17)15(2,3)4/h6-8,13H,5,9,17H2,1-4H3,(H,18,19). The van der Waals surface area contributed by atoms with E-state index in [9.17, 15) is 9.18 Å². The van der Waals surface area contributed by atoms with Crippen LogP contribution < -0.4 is 15.8 Å². The van der Waals surface area contributed by atoms with Crippen molar-refractivity contribution in [3.05, 3.63) is 24.0 Å². The van der Waals surface area contributed by atoms with Crippen LogP contribution in [0.15, 0.2) is 18.2 Å². The summed E-state index contributed by atoms with van der Waals surface area (Å²) in [6.07, 6.45) is 0.201. The van der Waals surface area contributed by atoms with Gasteiger partial charge in [-0.2, -0.15) is 0 Å². The number of carbonyl (C=O) groups is 1. The number of anilines is 1. The van der Waals surface area contributed by atoms with Gasteiger partial charge in [0.05, 0.1) is 12.3 Å².